The fraction of sp³-hybridized carbons (Fsp3) is 0.750. The number of anilines is 1. The van der Waals surface area contributed by atoms with E-state index in [-0.39, 0.29) is 16.0 Å². The summed E-state index contributed by atoms with van der Waals surface area (Å²) in [6, 6.07) is 0.744. The number of nitrogens with one attached hydrogen (secondary N) is 1. The third-order valence-corrected chi connectivity index (χ3v) is 4.35. The molecule has 1 aromatic rings. The van der Waals surface area contributed by atoms with E-state index in [0.717, 1.165) is 36.0 Å². The van der Waals surface area contributed by atoms with E-state index < -0.39 is 0 Å². The summed E-state index contributed by atoms with van der Waals surface area (Å²) in [6.07, 6.45) is 5.00. The van der Waals surface area contributed by atoms with Gasteiger partial charge in [0.05, 0.1) is 4.92 Å². The van der Waals surface area contributed by atoms with Crippen molar-refractivity contribution in [3.8, 4) is 0 Å². The first-order valence-electron chi connectivity index (χ1n) is 6.68. The van der Waals surface area contributed by atoms with Crippen LogP contribution in [0.15, 0.2) is 6.20 Å². The van der Waals surface area contributed by atoms with Crippen LogP contribution in [0, 0.1) is 10.1 Å². The lowest BCUT2D eigenvalue weighted by Crippen LogP contribution is -2.46. The Hall–Kier alpha value is -1.21. The molecule has 0 amide bonds. The Morgan fingerprint density at radius 1 is 1.63 bits per heavy atom. The summed E-state index contributed by atoms with van der Waals surface area (Å²) < 4.78 is 0. The Labute approximate surface area is 117 Å². The van der Waals surface area contributed by atoms with Crippen LogP contribution in [0.25, 0.3) is 0 Å². The fourth-order valence-electron chi connectivity index (χ4n) is 2.30. The van der Waals surface area contributed by atoms with Crippen molar-refractivity contribution in [3.63, 3.8) is 0 Å². The molecule has 0 radical (unpaired) electrons. The van der Waals surface area contributed by atoms with E-state index in [4.69, 9.17) is 0 Å². The van der Waals surface area contributed by atoms with Gasteiger partial charge in [-0.25, -0.2) is 4.98 Å². The summed E-state index contributed by atoms with van der Waals surface area (Å²) in [5.74, 6) is 0. The zero-order chi connectivity index (χ0) is 13.8. The van der Waals surface area contributed by atoms with Crippen LogP contribution in [0.1, 0.15) is 33.1 Å². The number of nitro groups is 1. The standard InChI is InChI=1S/C12H20N4O2S/c1-9(2)15(8-10-5-3-4-6-13-10)12-14-7-11(19-12)16(17)18/h7,9-10,13H,3-6,8H2,1-2H3. The minimum atomic E-state index is -0.376. The molecule has 0 aromatic carbocycles. The van der Waals surface area contributed by atoms with E-state index in [1.165, 1.54) is 19.0 Å². The molecule has 1 unspecified atom stereocenters. The molecular weight excluding hydrogens is 264 g/mol. The van der Waals surface area contributed by atoms with E-state index in [0.29, 0.717) is 6.04 Å². The van der Waals surface area contributed by atoms with Crippen LogP contribution in [-0.2, 0) is 0 Å². The zero-order valence-corrected chi connectivity index (χ0v) is 12.2. The first-order chi connectivity index (χ1) is 9.08. The van der Waals surface area contributed by atoms with Gasteiger partial charge < -0.3 is 10.2 Å². The molecule has 1 aliphatic heterocycles. The highest BCUT2D eigenvalue weighted by atomic mass is 32.1. The lowest BCUT2D eigenvalue weighted by atomic mass is 10.0. The first-order valence-corrected chi connectivity index (χ1v) is 7.50. The normalized spacial score (nSPS) is 19.6. The summed E-state index contributed by atoms with van der Waals surface area (Å²) in [4.78, 5) is 16.7. The molecule has 106 valence electrons. The number of hydrogen-bond donors (Lipinski definition) is 1. The molecule has 6 nitrogen and oxygen atoms in total. The third-order valence-electron chi connectivity index (χ3n) is 3.36. The van der Waals surface area contributed by atoms with Crippen molar-refractivity contribution < 1.29 is 4.92 Å². The van der Waals surface area contributed by atoms with Gasteiger partial charge >= 0.3 is 5.00 Å². The van der Waals surface area contributed by atoms with Gasteiger partial charge in [-0.3, -0.25) is 10.1 Å². The summed E-state index contributed by atoms with van der Waals surface area (Å²) in [6.45, 7) is 6.11. The molecule has 0 aliphatic carbocycles. The van der Waals surface area contributed by atoms with Crippen molar-refractivity contribution in [2.24, 2.45) is 0 Å². The Morgan fingerprint density at radius 3 is 2.95 bits per heavy atom. The molecule has 0 spiro atoms. The van der Waals surface area contributed by atoms with E-state index in [1.54, 1.807) is 0 Å². The van der Waals surface area contributed by atoms with Gasteiger partial charge in [0.15, 0.2) is 5.13 Å². The minimum Gasteiger partial charge on any atom is -0.344 e. The third kappa shape index (κ3) is 3.63. The van der Waals surface area contributed by atoms with Crippen molar-refractivity contribution in [3.05, 3.63) is 16.3 Å². The minimum absolute atomic E-state index is 0.109. The molecule has 0 saturated carbocycles. The number of rotatable bonds is 5. The van der Waals surface area contributed by atoms with E-state index in [2.05, 4.69) is 29.0 Å². The summed E-state index contributed by atoms with van der Waals surface area (Å²) in [5.41, 5.74) is 0. The van der Waals surface area contributed by atoms with E-state index >= 15 is 0 Å². The van der Waals surface area contributed by atoms with Crippen molar-refractivity contribution in [2.75, 3.05) is 18.0 Å². The van der Waals surface area contributed by atoms with Gasteiger partial charge in [0.2, 0.25) is 0 Å². The van der Waals surface area contributed by atoms with Gasteiger partial charge in [0.25, 0.3) is 0 Å². The summed E-state index contributed by atoms with van der Waals surface area (Å²) >= 11 is 1.15. The zero-order valence-electron chi connectivity index (χ0n) is 11.3. The van der Waals surface area contributed by atoms with Gasteiger partial charge in [-0.15, -0.1) is 0 Å². The average Bonchev–Trinajstić information content (AvgIpc) is 2.86. The molecule has 1 N–H and O–H groups in total. The maximum atomic E-state index is 10.7. The van der Waals surface area contributed by atoms with Crippen LogP contribution >= 0.6 is 11.3 Å². The van der Waals surface area contributed by atoms with Crippen LogP contribution in [0.3, 0.4) is 0 Å². The van der Waals surface area contributed by atoms with Crippen molar-refractivity contribution >= 4 is 21.5 Å². The predicted molar refractivity (Wildman–Crippen MR) is 76.9 cm³/mol. The number of hydrogen-bond acceptors (Lipinski definition) is 6. The largest absolute Gasteiger partial charge is 0.345 e. The Bertz CT molecular complexity index is 429. The Morgan fingerprint density at radius 2 is 2.42 bits per heavy atom. The van der Waals surface area contributed by atoms with Gasteiger partial charge in [0.1, 0.15) is 6.20 Å². The molecule has 0 bridgehead atoms. The molecule has 19 heavy (non-hydrogen) atoms. The molecule has 7 heteroatoms. The molecule has 2 heterocycles. The number of nitrogens with zero attached hydrogens (tertiary/aromatic N) is 3. The highest BCUT2D eigenvalue weighted by molar-refractivity contribution is 7.18. The van der Waals surface area contributed by atoms with Crippen LogP contribution in [0.2, 0.25) is 0 Å². The second kappa shape index (κ2) is 6.29. The van der Waals surface area contributed by atoms with Crippen LogP contribution in [-0.4, -0.2) is 35.1 Å². The molecule has 1 aliphatic rings. The molecule has 1 atom stereocenters. The van der Waals surface area contributed by atoms with Crippen LogP contribution in [0.5, 0.6) is 0 Å². The maximum absolute atomic E-state index is 10.7. The predicted octanol–water partition coefficient (Wildman–Crippen LogP) is 2.41. The lowest BCUT2D eigenvalue weighted by Gasteiger charge is -2.32. The smallest absolute Gasteiger partial charge is 0.344 e. The second-order valence-electron chi connectivity index (χ2n) is 5.13. The SMILES string of the molecule is CC(C)N(CC1CCCCN1)c1ncc([N+](=O)[O-])s1. The van der Waals surface area contributed by atoms with Crippen molar-refractivity contribution in [1.82, 2.24) is 10.3 Å². The Kier molecular flexibility index (Phi) is 4.71. The van der Waals surface area contributed by atoms with E-state index in [1.807, 2.05) is 0 Å². The molecule has 1 aromatic heterocycles. The molecule has 2 rings (SSSR count). The van der Waals surface area contributed by atoms with Crippen LogP contribution < -0.4 is 10.2 Å². The fourth-order valence-corrected chi connectivity index (χ4v) is 3.18. The van der Waals surface area contributed by atoms with Gasteiger partial charge in [-0.2, -0.15) is 0 Å². The quantitative estimate of drug-likeness (QED) is 0.664. The summed E-state index contributed by atoms with van der Waals surface area (Å²) in [5, 5.41) is 15.1. The number of piperidine rings is 1. The summed E-state index contributed by atoms with van der Waals surface area (Å²) in [7, 11) is 0. The highest BCUT2D eigenvalue weighted by Crippen LogP contribution is 2.30. The monoisotopic (exact) mass is 284 g/mol. The van der Waals surface area contributed by atoms with Crippen molar-refractivity contribution in [2.45, 2.75) is 45.2 Å². The Balaban J connectivity index is 2.07. The number of aromatic nitrogens is 1. The average molecular weight is 284 g/mol. The topological polar surface area (TPSA) is 71.3 Å². The van der Waals surface area contributed by atoms with Gasteiger partial charge in [-0.05, 0) is 44.6 Å². The second-order valence-corrected chi connectivity index (χ2v) is 6.12. The van der Waals surface area contributed by atoms with E-state index in [9.17, 15) is 10.1 Å². The molecule has 1 fully saturated rings. The first kappa shape index (κ1) is 14.2. The van der Waals surface area contributed by atoms with Crippen molar-refractivity contribution in [1.29, 1.82) is 0 Å². The van der Waals surface area contributed by atoms with Gasteiger partial charge in [0, 0.05) is 18.6 Å². The molecular formula is C12H20N4O2S. The molecule has 1 saturated heterocycles. The van der Waals surface area contributed by atoms with Crippen LogP contribution in [0.4, 0.5) is 10.1 Å². The maximum Gasteiger partial charge on any atom is 0.345 e. The number of thiazole rings is 1. The van der Waals surface area contributed by atoms with Gasteiger partial charge in [-0.1, -0.05) is 6.42 Å². The lowest BCUT2D eigenvalue weighted by molar-refractivity contribution is -0.380. The highest BCUT2D eigenvalue weighted by Gasteiger charge is 2.23.